The Morgan fingerprint density at radius 3 is 2.90 bits per heavy atom. The summed E-state index contributed by atoms with van der Waals surface area (Å²) < 4.78 is 1.96. The predicted octanol–water partition coefficient (Wildman–Crippen LogP) is 3.31. The molecule has 2 heterocycles. The molecule has 1 aromatic carbocycles. The Morgan fingerprint density at radius 2 is 2.14 bits per heavy atom. The third kappa shape index (κ3) is 2.54. The monoisotopic (exact) mass is 305 g/mol. The molecule has 1 aliphatic rings. The lowest BCUT2D eigenvalue weighted by atomic mass is 9.99. The van der Waals surface area contributed by atoms with Crippen LogP contribution in [0.5, 0.6) is 0 Å². The number of aliphatic hydroxyl groups is 1. The van der Waals surface area contributed by atoms with Crippen LogP contribution in [-0.2, 0) is 13.1 Å². The molecule has 0 radical (unpaired) electrons. The Balaban J connectivity index is 1.95. The fourth-order valence-corrected chi connectivity index (χ4v) is 3.17. The summed E-state index contributed by atoms with van der Waals surface area (Å²) in [6.07, 6.45) is 0.374. The van der Waals surface area contributed by atoms with Gasteiger partial charge in [0.2, 0.25) is 0 Å². The average molecular weight is 306 g/mol. The topological polar surface area (TPSA) is 41.3 Å². The van der Waals surface area contributed by atoms with Crippen LogP contribution >= 0.6 is 11.6 Å². The van der Waals surface area contributed by atoms with Crippen molar-refractivity contribution >= 4 is 17.3 Å². The van der Waals surface area contributed by atoms with Crippen molar-refractivity contribution in [1.82, 2.24) is 9.78 Å². The minimum Gasteiger partial charge on any atom is -0.388 e. The highest BCUT2D eigenvalue weighted by molar-refractivity contribution is 6.31. The van der Waals surface area contributed by atoms with Crippen molar-refractivity contribution in [2.45, 2.75) is 39.5 Å². The zero-order valence-electron chi connectivity index (χ0n) is 12.4. The van der Waals surface area contributed by atoms with Crippen molar-refractivity contribution in [3.8, 4) is 0 Å². The van der Waals surface area contributed by atoms with Crippen LogP contribution in [0.25, 0.3) is 0 Å². The van der Waals surface area contributed by atoms with Gasteiger partial charge in [-0.25, -0.2) is 0 Å². The molecule has 1 unspecified atom stereocenters. The lowest BCUT2D eigenvalue weighted by Gasteiger charge is -2.34. The van der Waals surface area contributed by atoms with Gasteiger partial charge < -0.3 is 10.0 Å². The number of hydrogen-bond acceptors (Lipinski definition) is 3. The van der Waals surface area contributed by atoms with Crippen LogP contribution in [0.4, 0.5) is 5.69 Å². The van der Waals surface area contributed by atoms with Gasteiger partial charge in [0.25, 0.3) is 0 Å². The molecular weight excluding hydrogens is 286 g/mol. The number of aliphatic hydroxyl groups excluding tert-OH is 1. The third-order valence-corrected chi connectivity index (χ3v) is 4.59. The summed E-state index contributed by atoms with van der Waals surface area (Å²) in [6.45, 7) is 6.35. The van der Waals surface area contributed by atoms with Gasteiger partial charge >= 0.3 is 0 Å². The quantitative estimate of drug-likeness (QED) is 0.946. The van der Waals surface area contributed by atoms with E-state index >= 15 is 0 Å². The molecule has 1 aromatic heterocycles. The molecule has 3 rings (SSSR count). The number of rotatable bonds is 3. The van der Waals surface area contributed by atoms with Crippen molar-refractivity contribution in [3.05, 3.63) is 46.2 Å². The first-order chi connectivity index (χ1) is 10.1. The van der Waals surface area contributed by atoms with E-state index in [9.17, 15) is 5.11 Å². The molecule has 21 heavy (non-hydrogen) atoms. The molecular formula is C16H20ClN3O. The molecule has 4 nitrogen and oxygen atoms in total. The van der Waals surface area contributed by atoms with Gasteiger partial charge in [0.1, 0.15) is 0 Å². The number of para-hydroxylation sites is 1. The van der Waals surface area contributed by atoms with Gasteiger partial charge in [-0.3, -0.25) is 4.68 Å². The fraction of sp³-hybridized carbons (Fsp3) is 0.438. The van der Waals surface area contributed by atoms with Crippen LogP contribution in [0, 0.1) is 6.92 Å². The van der Waals surface area contributed by atoms with E-state index in [2.05, 4.69) is 23.0 Å². The first-order valence-corrected chi connectivity index (χ1v) is 7.73. The van der Waals surface area contributed by atoms with E-state index in [4.69, 9.17) is 11.6 Å². The number of anilines is 1. The number of hydrogen-bond donors (Lipinski definition) is 1. The molecule has 2 aromatic rings. The molecule has 0 bridgehead atoms. The molecule has 0 saturated heterocycles. The van der Waals surface area contributed by atoms with Gasteiger partial charge in [-0.2, -0.15) is 5.10 Å². The molecule has 0 fully saturated rings. The second-order valence-corrected chi connectivity index (χ2v) is 5.82. The molecule has 1 aliphatic heterocycles. The number of aryl methyl sites for hydroxylation is 2. The Bertz CT molecular complexity index is 653. The van der Waals surface area contributed by atoms with Gasteiger partial charge in [-0.1, -0.05) is 29.8 Å². The predicted molar refractivity (Wildman–Crippen MR) is 84.7 cm³/mol. The lowest BCUT2D eigenvalue weighted by molar-refractivity contribution is 0.164. The maximum Gasteiger partial charge on any atom is 0.0865 e. The highest BCUT2D eigenvalue weighted by Crippen LogP contribution is 2.35. The SMILES string of the molecule is CCn1nc(C)c(Cl)c1CN1CCC(O)c2ccccc21. The van der Waals surface area contributed by atoms with Gasteiger partial charge in [0.15, 0.2) is 0 Å². The molecule has 112 valence electrons. The van der Waals surface area contributed by atoms with Crippen LogP contribution in [0.15, 0.2) is 24.3 Å². The summed E-state index contributed by atoms with van der Waals surface area (Å²) in [6, 6.07) is 8.04. The Morgan fingerprint density at radius 1 is 1.38 bits per heavy atom. The zero-order chi connectivity index (χ0) is 15.0. The number of halogens is 1. The number of nitrogens with zero attached hydrogens (tertiary/aromatic N) is 3. The Hall–Kier alpha value is -1.52. The van der Waals surface area contributed by atoms with Crippen LogP contribution in [0.1, 0.15) is 36.4 Å². The fourth-order valence-electron chi connectivity index (χ4n) is 2.98. The molecule has 0 amide bonds. The van der Waals surface area contributed by atoms with Gasteiger partial charge in [0, 0.05) is 24.3 Å². The zero-order valence-corrected chi connectivity index (χ0v) is 13.1. The molecule has 0 spiro atoms. The van der Waals surface area contributed by atoms with Crippen LogP contribution in [-0.4, -0.2) is 21.4 Å². The molecule has 1 N–H and O–H groups in total. The Labute approximate surface area is 130 Å². The van der Waals surface area contributed by atoms with Crippen molar-refractivity contribution in [2.75, 3.05) is 11.4 Å². The van der Waals surface area contributed by atoms with Crippen LogP contribution in [0.2, 0.25) is 5.02 Å². The first-order valence-electron chi connectivity index (χ1n) is 7.35. The van der Waals surface area contributed by atoms with Crippen molar-refractivity contribution in [2.24, 2.45) is 0 Å². The summed E-state index contributed by atoms with van der Waals surface area (Å²) in [7, 11) is 0. The number of aromatic nitrogens is 2. The van der Waals surface area contributed by atoms with E-state index in [1.165, 1.54) is 0 Å². The minimum atomic E-state index is -0.370. The third-order valence-electron chi connectivity index (χ3n) is 4.10. The van der Waals surface area contributed by atoms with E-state index in [1.807, 2.05) is 29.8 Å². The van der Waals surface area contributed by atoms with Crippen molar-refractivity contribution in [3.63, 3.8) is 0 Å². The first kappa shape index (κ1) is 14.4. The normalized spacial score (nSPS) is 17.9. The average Bonchev–Trinajstić information content (AvgIpc) is 2.78. The standard InChI is InChI=1S/C16H20ClN3O/c1-3-20-14(16(17)11(2)18-20)10-19-9-8-15(21)12-6-4-5-7-13(12)19/h4-7,15,21H,3,8-10H2,1-2H3. The summed E-state index contributed by atoms with van der Waals surface area (Å²) in [5.41, 5.74) is 4.01. The van der Waals surface area contributed by atoms with E-state index in [-0.39, 0.29) is 6.10 Å². The van der Waals surface area contributed by atoms with E-state index < -0.39 is 0 Å². The summed E-state index contributed by atoms with van der Waals surface area (Å²) in [5, 5.41) is 15.4. The number of benzene rings is 1. The van der Waals surface area contributed by atoms with Gasteiger partial charge in [-0.15, -0.1) is 0 Å². The van der Waals surface area contributed by atoms with E-state index in [0.29, 0.717) is 0 Å². The number of fused-ring (bicyclic) bond motifs is 1. The summed E-state index contributed by atoms with van der Waals surface area (Å²) >= 11 is 6.41. The van der Waals surface area contributed by atoms with Crippen molar-refractivity contribution in [1.29, 1.82) is 0 Å². The van der Waals surface area contributed by atoms with Gasteiger partial charge in [-0.05, 0) is 26.3 Å². The molecule has 0 aliphatic carbocycles. The minimum absolute atomic E-state index is 0.370. The van der Waals surface area contributed by atoms with Crippen LogP contribution < -0.4 is 4.90 Å². The maximum atomic E-state index is 10.1. The summed E-state index contributed by atoms with van der Waals surface area (Å²) in [4.78, 5) is 2.27. The smallest absolute Gasteiger partial charge is 0.0865 e. The maximum absolute atomic E-state index is 10.1. The highest BCUT2D eigenvalue weighted by Gasteiger charge is 2.25. The second kappa shape index (κ2) is 5.70. The highest BCUT2D eigenvalue weighted by atomic mass is 35.5. The molecule has 5 heteroatoms. The lowest BCUT2D eigenvalue weighted by Crippen LogP contribution is -2.31. The molecule has 1 atom stereocenters. The largest absolute Gasteiger partial charge is 0.388 e. The second-order valence-electron chi connectivity index (χ2n) is 5.45. The molecule has 0 saturated carbocycles. The van der Waals surface area contributed by atoms with Gasteiger partial charge in [0.05, 0.1) is 29.1 Å². The summed E-state index contributed by atoms with van der Waals surface area (Å²) in [5.74, 6) is 0. The Kier molecular flexibility index (Phi) is 3.91. The van der Waals surface area contributed by atoms with Crippen LogP contribution in [0.3, 0.4) is 0 Å². The van der Waals surface area contributed by atoms with Crippen molar-refractivity contribution < 1.29 is 5.11 Å². The van der Waals surface area contributed by atoms with E-state index in [0.717, 1.165) is 53.7 Å². The van der Waals surface area contributed by atoms with E-state index in [1.54, 1.807) is 0 Å².